The van der Waals surface area contributed by atoms with Gasteiger partial charge in [-0.3, -0.25) is 9.59 Å². The fraction of sp³-hybridized carbons (Fsp3) is 0.636. The van der Waals surface area contributed by atoms with Crippen molar-refractivity contribution in [2.24, 2.45) is 11.8 Å². The number of rotatable bonds is 1. The van der Waals surface area contributed by atoms with E-state index in [4.69, 9.17) is 0 Å². The molecule has 1 saturated carbocycles. The Bertz CT molecular complexity index is 265. The van der Waals surface area contributed by atoms with E-state index in [0.29, 0.717) is 11.5 Å². The van der Waals surface area contributed by atoms with Crippen molar-refractivity contribution in [2.75, 3.05) is 0 Å². The minimum absolute atomic E-state index is 0.193. The number of carbonyl (C=O) groups excluding carboxylic acids is 2. The Morgan fingerprint density at radius 2 is 2.08 bits per heavy atom. The molecule has 0 N–H and O–H groups in total. The molecule has 2 heteroatoms. The Morgan fingerprint density at radius 1 is 1.31 bits per heavy atom. The zero-order valence-corrected chi connectivity index (χ0v) is 7.66. The van der Waals surface area contributed by atoms with Crippen molar-refractivity contribution in [3.63, 3.8) is 0 Å². The van der Waals surface area contributed by atoms with Gasteiger partial charge in [0, 0.05) is 5.92 Å². The highest BCUT2D eigenvalue weighted by Crippen LogP contribution is 2.37. The van der Waals surface area contributed by atoms with Gasteiger partial charge in [-0.15, -0.1) is 0 Å². The summed E-state index contributed by atoms with van der Waals surface area (Å²) in [4.78, 5) is 22.1. The van der Waals surface area contributed by atoms with Crippen LogP contribution in [0.4, 0.5) is 0 Å². The molecule has 0 aromatic heterocycles. The van der Waals surface area contributed by atoms with E-state index in [9.17, 15) is 9.59 Å². The lowest BCUT2D eigenvalue weighted by atomic mass is 9.71. The SMILES string of the molecule is O=CC1=CC(=O)C2CCCCC2C1. The fourth-order valence-electron chi connectivity index (χ4n) is 2.56. The average molecular weight is 178 g/mol. The van der Waals surface area contributed by atoms with Crippen molar-refractivity contribution < 1.29 is 9.59 Å². The van der Waals surface area contributed by atoms with Crippen molar-refractivity contribution in [1.29, 1.82) is 0 Å². The number of allylic oxidation sites excluding steroid dienone is 2. The molecule has 0 aromatic rings. The van der Waals surface area contributed by atoms with Gasteiger partial charge in [-0.05, 0) is 36.8 Å². The van der Waals surface area contributed by atoms with Crippen LogP contribution in [0.15, 0.2) is 11.6 Å². The number of carbonyl (C=O) groups is 2. The molecule has 0 aromatic carbocycles. The number of aldehydes is 1. The molecule has 70 valence electrons. The summed E-state index contributed by atoms with van der Waals surface area (Å²) < 4.78 is 0. The lowest BCUT2D eigenvalue weighted by Gasteiger charge is -2.32. The molecule has 0 spiro atoms. The van der Waals surface area contributed by atoms with Crippen LogP contribution < -0.4 is 0 Å². The predicted octanol–water partition coefficient (Wildman–Crippen LogP) is 1.89. The minimum Gasteiger partial charge on any atom is -0.298 e. The molecule has 0 heterocycles. The number of fused-ring (bicyclic) bond motifs is 1. The lowest BCUT2D eigenvalue weighted by Crippen LogP contribution is -2.30. The van der Waals surface area contributed by atoms with E-state index in [2.05, 4.69) is 0 Å². The van der Waals surface area contributed by atoms with Crippen LogP contribution in [-0.4, -0.2) is 12.1 Å². The van der Waals surface area contributed by atoms with Crippen LogP contribution in [-0.2, 0) is 9.59 Å². The van der Waals surface area contributed by atoms with Gasteiger partial charge in [0.25, 0.3) is 0 Å². The first-order valence-electron chi connectivity index (χ1n) is 5.01. The summed E-state index contributed by atoms with van der Waals surface area (Å²) in [7, 11) is 0. The predicted molar refractivity (Wildman–Crippen MR) is 49.2 cm³/mol. The van der Waals surface area contributed by atoms with Gasteiger partial charge in [0.15, 0.2) is 5.78 Å². The molecule has 0 aliphatic heterocycles. The maximum atomic E-state index is 11.6. The Balaban J connectivity index is 2.19. The van der Waals surface area contributed by atoms with Crippen LogP contribution in [0.1, 0.15) is 32.1 Å². The monoisotopic (exact) mass is 178 g/mol. The molecule has 0 amide bonds. The largest absolute Gasteiger partial charge is 0.298 e. The van der Waals surface area contributed by atoms with E-state index in [0.717, 1.165) is 25.5 Å². The second kappa shape index (κ2) is 3.44. The Hall–Kier alpha value is -0.920. The summed E-state index contributed by atoms with van der Waals surface area (Å²) in [6.07, 6.45) is 7.79. The second-order valence-corrected chi connectivity index (χ2v) is 4.09. The molecular weight excluding hydrogens is 164 g/mol. The number of hydrogen-bond acceptors (Lipinski definition) is 2. The smallest absolute Gasteiger partial charge is 0.159 e. The topological polar surface area (TPSA) is 34.1 Å². The van der Waals surface area contributed by atoms with Crippen molar-refractivity contribution in [1.82, 2.24) is 0 Å². The molecule has 2 atom stereocenters. The summed E-state index contributed by atoms with van der Waals surface area (Å²) in [5.41, 5.74) is 0.702. The van der Waals surface area contributed by atoms with Crippen LogP contribution in [0, 0.1) is 11.8 Å². The van der Waals surface area contributed by atoms with Gasteiger partial charge < -0.3 is 0 Å². The first-order valence-corrected chi connectivity index (χ1v) is 5.01. The standard InChI is InChI=1S/C11H14O2/c12-7-8-5-9-3-1-2-4-10(9)11(13)6-8/h6-7,9-10H,1-5H2. The highest BCUT2D eigenvalue weighted by molar-refractivity contribution is 5.98. The summed E-state index contributed by atoms with van der Waals surface area (Å²) in [5.74, 6) is 0.891. The minimum atomic E-state index is 0.193. The molecule has 13 heavy (non-hydrogen) atoms. The van der Waals surface area contributed by atoms with Gasteiger partial charge in [0.1, 0.15) is 6.29 Å². The maximum Gasteiger partial charge on any atom is 0.159 e. The van der Waals surface area contributed by atoms with Crippen LogP contribution in [0.5, 0.6) is 0 Å². The van der Waals surface area contributed by atoms with Gasteiger partial charge in [-0.1, -0.05) is 12.8 Å². The average Bonchev–Trinajstić information content (AvgIpc) is 2.18. The molecule has 1 fully saturated rings. The third-order valence-electron chi connectivity index (χ3n) is 3.25. The van der Waals surface area contributed by atoms with Crippen molar-refractivity contribution >= 4 is 12.1 Å². The Morgan fingerprint density at radius 3 is 2.85 bits per heavy atom. The molecular formula is C11H14O2. The second-order valence-electron chi connectivity index (χ2n) is 4.09. The zero-order valence-electron chi connectivity index (χ0n) is 7.66. The number of ketones is 1. The summed E-state index contributed by atoms with van der Waals surface area (Å²) >= 11 is 0. The molecule has 2 unspecified atom stereocenters. The zero-order chi connectivity index (χ0) is 9.26. The third-order valence-corrected chi connectivity index (χ3v) is 3.25. The molecule has 2 aliphatic carbocycles. The van der Waals surface area contributed by atoms with Crippen molar-refractivity contribution in [3.8, 4) is 0 Å². The van der Waals surface area contributed by atoms with E-state index in [1.54, 1.807) is 6.08 Å². The Kier molecular flexibility index (Phi) is 2.30. The molecule has 2 rings (SSSR count). The third kappa shape index (κ3) is 1.58. The van der Waals surface area contributed by atoms with E-state index >= 15 is 0 Å². The van der Waals surface area contributed by atoms with Crippen LogP contribution in [0.3, 0.4) is 0 Å². The van der Waals surface area contributed by atoms with Gasteiger partial charge in [-0.25, -0.2) is 0 Å². The maximum absolute atomic E-state index is 11.6. The first kappa shape index (κ1) is 8.67. The van der Waals surface area contributed by atoms with Gasteiger partial charge >= 0.3 is 0 Å². The molecule has 0 radical (unpaired) electrons. The van der Waals surface area contributed by atoms with Gasteiger partial charge in [0.05, 0.1) is 0 Å². The van der Waals surface area contributed by atoms with Crippen LogP contribution >= 0.6 is 0 Å². The van der Waals surface area contributed by atoms with Gasteiger partial charge in [-0.2, -0.15) is 0 Å². The number of hydrogen-bond donors (Lipinski definition) is 0. The lowest BCUT2D eigenvalue weighted by molar-refractivity contribution is -0.122. The normalized spacial score (nSPS) is 33.5. The Labute approximate surface area is 78.0 Å². The van der Waals surface area contributed by atoms with Crippen LogP contribution in [0.25, 0.3) is 0 Å². The summed E-state index contributed by atoms with van der Waals surface area (Å²) in [6, 6.07) is 0. The fourth-order valence-corrected chi connectivity index (χ4v) is 2.56. The quantitative estimate of drug-likeness (QED) is 0.574. The van der Waals surface area contributed by atoms with Gasteiger partial charge in [0.2, 0.25) is 0 Å². The summed E-state index contributed by atoms with van der Waals surface area (Å²) in [6.45, 7) is 0. The van der Waals surface area contributed by atoms with Crippen molar-refractivity contribution in [3.05, 3.63) is 11.6 Å². The van der Waals surface area contributed by atoms with E-state index in [-0.39, 0.29) is 11.7 Å². The molecule has 0 bridgehead atoms. The molecule has 2 aliphatic rings. The van der Waals surface area contributed by atoms with E-state index < -0.39 is 0 Å². The highest BCUT2D eigenvalue weighted by Gasteiger charge is 2.33. The first-order chi connectivity index (χ1) is 6.31. The van der Waals surface area contributed by atoms with E-state index in [1.165, 1.54) is 12.8 Å². The highest BCUT2D eigenvalue weighted by atomic mass is 16.1. The van der Waals surface area contributed by atoms with Crippen LogP contribution in [0.2, 0.25) is 0 Å². The van der Waals surface area contributed by atoms with E-state index in [1.807, 2.05) is 0 Å². The molecule has 2 nitrogen and oxygen atoms in total. The molecule has 0 saturated heterocycles. The summed E-state index contributed by atoms with van der Waals surface area (Å²) in [5, 5.41) is 0. The van der Waals surface area contributed by atoms with Crippen molar-refractivity contribution in [2.45, 2.75) is 32.1 Å².